The molecule has 0 aliphatic heterocycles. The lowest BCUT2D eigenvalue weighted by atomic mass is 10.0. The highest BCUT2D eigenvalue weighted by atomic mass is 35.5. The molecule has 0 saturated carbocycles. The standard InChI is InChI=1S/C16H21Cl2N/c1-3-5-6-8-13(19-11-4-2)12-14-15(17)9-7-10-16(14)18/h7,9-10,13,19H,4,6,8,11-12H2,1-2H3. The average molecular weight is 298 g/mol. The van der Waals surface area contributed by atoms with E-state index in [4.69, 9.17) is 23.2 Å². The van der Waals surface area contributed by atoms with Gasteiger partial charge in [0.05, 0.1) is 0 Å². The highest BCUT2D eigenvalue weighted by Crippen LogP contribution is 2.26. The molecule has 0 spiro atoms. The Kier molecular flexibility index (Phi) is 7.98. The quantitative estimate of drug-likeness (QED) is 0.719. The maximum Gasteiger partial charge on any atom is 0.0453 e. The van der Waals surface area contributed by atoms with Crippen molar-refractivity contribution in [2.45, 2.75) is 45.6 Å². The maximum atomic E-state index is 6.23. The molecule has 0 radical (unpaired) electrons. The number of nitrogens with one attached hydrogen (secondary N) is 1. The summed E-state index contributed by atoms with van der Waals surface area (Å²) in [5, 5.41) is 5.04. The molecular formula is C16H21Cl2N. The molecule has 0 saturated heterocycles. The van der Waals surface area contributed by atoms with Gasteiger partial charge in [0.25, 0.3) is 0 Å². The van der Waals surface area contributed by atoms with Gasteiger partial charge in [0.2, 0.25) is 0 Å². The summed E-state index contributed by atoms with van der Waals surface area (Å²) in [5.74, 6) is 6.05. The van der Waals surface area contributed by atoms with Gasteiger partial charge in [-0.25, -0.2) is 0 Å². The molecule has 1 atom stereocenters. The molecule has 0 amide bonds. The smallest absolute Gasteiger partial charge is 0.0453 e. The molecule has 1 N–H and O–H groups in total. The van der Waals surface area contributed by atoms with E-state index in [1.807, 2.05) is 25.1 Å². The van der Waals surface area contributed by atoms with Crippen LogP contribution in [0.25, 0.3) is 0 Å². The van der Waals surface area contributed by atoms with Crippen LogP contribution in [0.1, 0.15) is 38.7 Å². The summed E-state index contributed by atoms with van der Waals surface area (Å²) in [5.41, 5.74) is 1.03. The van der Waals surface area contributed by atoms with Crippen molar-refractivity contribution >= 4 is 23.2 Å². The number of hydrogen-bond donors (Lipinski definition) is 1. The summed E-state index contributed by atoms with van der Waals surface area (Å²) >= 11 is 12.5. The highest BCUT2D eigenvalue weighted by molar-refractivity contribution is 6.35. The molecule has 1 aromatic rings. The van der Waals surface area contributed by atoms with Gasteiger partial charge in [-0.15, -0.1) is 11.8 Å². The van der Waals surface area contributed by atoms with E-state index in [1.165, 1.54) is 0 Å². The van der Waals surface area contributed by atoms with Crippen LogP contribution in [-0.2, 0) is 6.42 Å². The fourth-order valence-corrected chi connectivity index (χ4v) is 2.52. The van der Waals surface area contributed by atoms with E-state index >= 15 is 0 Å². The molecule has 1 unspecified atom stereocenters. The fourth-order valence-electron chi connectivity index (χ4n) is 1.97. The minimum absolute atomic E-state index is 0.373. The fraction of sp³-hybridized carbons (Fsp3) is 0.500. The van der Waals surface area contributed by atoms with Crippen molar-refractivity contribution in [2.24, 2.45) is 0 Å². The monoisotopic (exact) mass is 297 g/mol. The lowest BCUT2D eigenvalue weighted by molar-refractivity contribution is 0.483. The molecule has 19 heavy (non-hydrogen) atoms. The molecule has 0 aliphatic carbocycles. The summed E-state index contributed by atoms with van der Waals surface area (Å²) in [7, 11) is 0. The second-order valence-corrected chi connectivity index (χ2v) is 5.34. The van der Waals surface area contributed by atoms with Gasteiger partial charge < -0.3 is 5.32 Å². The summed E-state index contributed by atoms with van der Waals surface area (Å²) < 4.78 is 0. The van der Waals surface area contributed by atoms with Gasteiger partial charge in [0, 0.05) is 22.5 Å². The highest BCUT2D eigenvalue weighted by Gasteiger charge is 2.13. The van der Waals surface area contributed by atoms with Gasteiger partial charge in [-0.2, -0.15) is 0 Å². The second-order valence-electron chi connectivity index (χ2n) is 4.52. The Bertz CT molecular complexity index is 426. The van der Waals surface area contributed by atoms with E-state index in [9.17, 15) is 0 Å². The largest absolute Gasteiger partial charge is 0.314 e. The van der Waals surface area contributed by atoms with E-state index in [-0.39, 0.29) is 0 Å². The topological polar surface area (TPSA) is 12.0 Å². The van der Waals surface area contributed by atoms with Crippen molar-refractivity contribution < 1.29 is 0 Å². The molecule has 0 bridgehead atoms. The minimum Gasteiger partial charge on any atom is -0.314 e. The lowest BCUT2D eigenvalue weighted by Gasteiger charge is -2.19. The first-order chi connectivity index (χ1) is 9.19. The first kappa shape index (κ1) is 16.4. The predicted molar refractivity (Wildman–Crippen MR) is 84.9 cm³/mol. The Labute approximate surface area is 126 Å². The zero-order chi connectivity index (χ0) is 14.1. The first-order valence-electron chi connectivity index (χ1n) is 6.74. The molecule has 1 nitrogen and oxygen atoms in total. The molecule has 104 valence electrons. The maximum absolute atomic E-state index is 6.23. The van der Waals surface area contributed by atoms with Crippen LogP contribution in [0.15, 0.2) is 18.2 Å². The molecule has 0 heterocycles. The van der Waals surface area contributed by atoms with Crippen molar-refractivity contribution in [1.82, 2.24) is 5.32 Å². The van der Waals surface area contributed by atoms with Gasteiger partial charge in [-0.1, -0.05) is 36.2 Å². The van der Waals surface area contributed by atoms with Crippen molar-refractivity contribution in [1.29, 1.82) is 0 Å². The number of benzene rings is 1. The lowest BCUT2D eigenvalue weighted by Crippen LogP contribution is -2.31. The van der Waals surface area contributed by atoms with Crippen molar-refractivity contribution in [3.63, 3.8) is 0 Å². The average Bonchev–Trinajstić information content (AvgIpc) is 2.39. The van der Waals surface area contributed by atoms with Crippen LogP contribution >= 0.6 is 23.2 Å². The zero-order valence-electron chi connectivity index (χ0n) is 11.6. The van der Waals surface area contributed by atoms with Crippen LogP contribution in [0.5, 0.6) is 0 Å². The van der Waals surface area contributed by atoms with Gasteiger partial charge >= 0.3 is 0 Å². The summed E-state index contributed by atoms with van der Waals surface area (Å²) in [4.78, 5) is 0. The van der Waals surface area contributed by atoms with Crippen LogP contribution in [0.2, 0.25) is 10.0 Å². The number of rotatable bonds is 7. The molecule has 3 heteroatoms. The third-order valence-corrected chi connectivity index (χ3v) is 3.70. The van der Waals surface area contributed by atoms with Gasteiger partial charge in [-0.05, 0) is 50.4 Å². The van der Waals surface area contributed by atoms with Crippen LogP contribution < -0.4 is 5.32 Å². The van der Waals surface area contributed by atoms with E-state index < -0.39 is 0 Å². The Morgan fingerprint density at radius 2 is 1.95 bits per heavy atom. The van der Waals surface area contributed by atoms with Crippen LogP contribution in [0.3, 0.4) is 0 Å². The van der Waals surface area contributed by atoms with Crippen molar-refractivity contribution in [3.05, 3.63) is 33.8 Å². The van der Waals surface area contributed by atoms with E-state index in [0.717, 1.165) is 47.8 Å². The Hall–Kier alpha value is -0.680. The third kappa shape index (κ3) is 5.87. The third-order valence-electron chi connectivity index (χ3n) is 2.99. The normalized spacial score (nSPS) is 11.8. The summed E-state index contributed by atoms with van der Waals surface area (Å²) in [6.07, 6.45) is 3.89. The van der Waals surface area contributed by atoms with Crippen LogP contribution in [0, 0.1) is 11.8 Å². The SMILES string of the molecule is CC#CCCC(Cc1c(Cl)cccc1Cl)NCCC. The molecular weight excluding hydrogens is 277 g/mol. The van der Waals surface area contributed by atoms with Gasteiger partial charge in [0.1, 0.15) is 0 Å². The predicted octanol–water partition coefficient (Wildman–Crippen LogP) is 4.71. The molecule has 1 aromatic carbocycles. The second kappa shape index (κ2) is 9.26. The Balaban J connectivity index is 2.71. The molecule has 0 fully saturated rings. The van der Waals surface area contributed by atoms with E-state index in [1.54, 1.807) is 0 Å². The van der Waals surface area contributed by atoms with Crippen molar-refractivity contribution in [2.75, 3.05) is 6.54 Å². The molecule has 0 aliphatic rings. The summed E-state index contributed by atoms with van der Waals surface area (Å²) in [6, 6.07) is 6.04. The molecule has 0 aromatic heterocycles. The Morgan fingerprint density at radius 1 is 1.26 bits per heavy atom. The van der Waals surface area contributed by atoms with Gasteiger partial charge in [0.15, 0.2) is 0 Å². The van der Waals surface area contributed by atoms with E-state index in [2.05, 4.69) is 24.1 Å². The number of halogens is 2. The van der Waals surface area contributed by atoms with E-state index in [0.29, 0.717) is 6.04 Å². The molecule has 1 rings (SSSR count). The minimum atomic E-state index is 0.373. The van der Waals surface area contributed by atoms with Crippen LogP contribution in [-0.4, -0.2) is 12.6 Å². The van der Waals surface area contributed by atoms with Crippen molar-refractivity contribution in [3.8, 4) is 11.8 Å². The first-order valence-corrected chi connectivity index (χ1v) is 7.50. The number of hydrogen-bond acceptors (Lipinski definition) is 1. The van der Waals surface area contributed by atoms with Gasteiger partial charge in [-0.3, -0.25) is 0 Å². The summed E-state index contributed by atoms with van der Waals surface area (Å²) in [6.45, 7) is 5.05. The zero-order valence-corrected chi connectivity index (χ0v) is 13.1. The van der Waals surface area contributed by atoms with Crippen LogP contribution in [0.4, 0.5) is 0 Å². The Morgan fingerprint density at radius 3 is 2.53 bits per heavy atom.